The number of nitrogens with zero attached hydrogens (tertiary/aromatic N) is 3. The fraction of sp³-hybridized carbons (Fsp3) is 0.400. The molecule has 1 unspecified atom stereocenters. The van der Waals surface area contributed by atoms with Crippen LogP contribution < -0.4 is 20.3 Å². The van der Waals surface area contributed by atoms with Gasteiger partial charge in [0.1, 0.15) is 35.6 Å². The predicted molar refractivity (Wildman–Crippen MR) is 171 cm³/mol. The Kier molecular flexibility index (Phi) is 7.54. The summed E-state index contributed by atoms with van der Waals surface area (Å²) < 4.78 is 24.2. The molecule has 2 amide bonds. The second-order valence-corrected chi connectivity index (χ2v) is 13.2. The number of likely N-dealkylation sites (N-methyl/N-ethyl adjacent to an activating group) is 1. The smallest absolute Gasteiger partial charge is 0.360 e. The number of amides is 2. The average Bonchev–Trinajstić information content (AvgIpc) is 3.84. The number of hydrogen-bond acceptors (Lipinski definition) is 11. The molecule has 0 saturated heterocycles. The molecule has 13 nitrogen and oxygen atoms in total. The number of nitrogens with one attached hydrogen (secondary N) is 2. The zero-order chi connectivity index (χ0) is 34.1. The van der Waals surface area contributed by atoms with Crippen molar-refractivity contribution in [2.75, 3.05) is 19.1 Å². The largest absolute Gasteiger partial charge is 0.468 e. The Morgan fingerprint density at radius 1 is 1.12 bits per heavy atom. The average molecular weight is 656 g/mol. The number of anilines is 1. The molecule has 0 saturated carbocycles. The van der Waals surface area contributed by atoms with E-state index in [0.29, 0.717) is 11.5 Å². The minimum atomic E-state index is -1.30. The third-order valence-electron chi connectivity index (χ3n) is 9.45. The molecule has 7 rings (SSSR count). The Balaban J connectivity index is 1.49. The highest BCUT2D eigenvalue weighted by Gasteiger charge is 2.63. The van der Waals surface area contributed by atoms with Crippen LogP contribution in [0.1, 0.15) is 72.6 Å². The van der Waals surface area contributed by atoms with Gasteiger partial charge in [0.2, 0.25) is 23.6 Å². The van der Waals surface area contributed by atoms with Gasteiger partial charge in [-0.1, -0.05) is 58.0 Å². The first-order valence-corrected chi connectivity index (χ1v) is 15.9. The van der Waals surface area contributed by atoms with Crippen LogP contribution in [0.2, 0.25) is 0 Å². The Morgan fingerprint density at radius 2 is 1.90 bits per heavy atom. The van der Waals surface area contributed by atoms with Gasteiger partial charge in [0.05, 0.1) is 7.11 Å². The molecule has 0 fully saturated rings. The Bertz CT molecular complexity index is 1930. The summed E-state index contributed by atoms with van der Waals surface area (Å²) in [5.41, 5.74) is 2.43. The van der Waals surface area contributed by atoms with E-state index in [4.69, 9.17) is 23.3 Å². The number of benzene rings is 2. The quantitative estimate of drug-likeness (QED) is 0.260. The number of esters is 1. The van der Waals surface area contributed by atoms with E-state index in [1.807, 2.05) is 68.3 Å². The van der Waals surface area contributed by atoms with Gasteiger partial charge in [0.25, 0.3) is 0 Å². The fourth-order valence-corrected chi connectivity index (χ4v) is 6.94. The standard InChI is InChI=1S/C35H37N5O8/c1-16(2)25-32-39-26(31-37-22(15-46-31)33(44)45-6)28(48-32)35-19-9-7-8-10-23(19)40(5)34(35)47-24-12-11-18(13-20(24)35)14-21(29(42)38-25)36-30(43)27(41)17(3)4/h7-13,15-17,21,25,27,34,41H,14H2,1-6H3,(H,36,43)(H,38,42)/t21-,25-,27-,34+,35?/m0/s1. The van der Waals surface area contributed by atoms with Crippen LogP contribution in [0, 0.1) is 11.8 Å². The Morgan fingerprint density at radius 3 is 2.62 bits per heavy atom. The van der Waals surface area contributed by atoms with Crippen LogP contribution in [0.25, 0.3) is 11.6 Å². The number of rotatable bonds is 6. The second kappa shape index (κ2) is 11.5. The Labute approximate surface area is 276 Å². The van der Waals surface area contributed by atoms with Gasteiger partial charge in [-0.25, -0.2) is 14.8 Å². The van der Waals surface area contributed by atoms with Gasteiger partial charge < -0.3 is 38.9 Å². The fourth-order valence-electron chi connectivity index (χ4n) is 6.94. The van der Waals surface area contributed by atoms with Crippen molar-refractivity contribution in [3.63, 3.8) is 0 Å². The van der Waals surface area contributed by atoms with Gasteiger partial charge in [-0.15, -0.1) is 0 Å². The van der Waals surface area contributed by atoms with Crippen molar-refractivity contribution in [3.05, 3.63) is 82.8 Å². The number of aromatic nitrogens is 2. The molecule has 5 heterocycles. The number of carbonyl (C=O) groups excluding carboxylic acids is 3. The first kappa shape index (κ1) is 31.4. The topological polar surface area (TPSA) is 169 Å². The summed E-state index contributed by atoms with van der Waals surface area (Å²) in [6.45, 7) is 7.28. The van der Waals surface area contributed by atoms with Crippen molar-refractivity contribution >= 4 is 23.5 Å². The van der Waals surface area contributed by atoms with E-state index in [2.05, 4.69) is 15.6 Å². The summed E-state index contributed by atoms with van der Waals surface area (Å²) in [4.78, 5) is 50.9. The summed E-state index contributed by atoms with van der Waals surface area (Å²) in [5.74, 6) is -1.17. The maximum absolute atomic E-state index is 14.0. The minimum absolute atomic E-state index is 0.0293. The number of oxazole rings is 2. The minimum Gasteiger partial charge on any atom is -0.468 e. The summed E-state index contributed by atoms with van der Waals surface area (Å²) in [5, 5.41) is 16.3. The van der Waals surface area contributed by atoms with Crippen LogP contribution >= 0.6 is 0 Å². The van der Waals surface area contributed by atoms with E-state index >= 15 is 0 Å². The molecule has 4 aromatic rings. The summed E-state index contributed by atoms with van der Waals surface area (Å²) >= 11 is 0. The van der Waals surface area contributed by atoms with E-state index in [1.165, 1.54) is 13.4 Å². The molecule has 0 aliphatic carbocycles. The van der Waals surface area contributed by atoms with Gasteiger partial charge in [-0.05, 0) is 35.1 Å². The molecule has 0 radical (unpaired) electrons. The number of aliphatic hydroxyl groups is 1. The van der Waals surface area contributed by atoms with E-state index in [0.717, 1.165) is 22.4 Å². The van der Waals surface area contributed by atoms with Crippen molar-refractivity contribution in [1.82, 2.24) is 20.6 Å². The molecule has 3 aliphatic heterocycles. The van der Waals surface area contributed by atoms with Gasteiger partial charge in [0, 0.05) is 24.7 Å². The third kappa shape index (κ3) is 4.67. The SMILES string of the molecule is COC(=O)c1coc(-c2nc3oc2C24c5cc(ccc5O[C@H]2N(C)c2ccccc24)C[C@H](NC(=O)[C@@H](O)C(C)C)C(=O)N[C@H]3C(C)C)n1. The zero-order valence-corrected chi connectivity index (χ0v) is 27.4. The van der Waals surface area contributed by atoms with Crippen LogP contribution in [0.15, 0.2) is 57.6 Å². The summed E-state index contributed by atoms with van der Waals surface area (Å²) in [7, 11) is 3.20. The number of aliphatic hydroxyl groups excluding tert-OH is 1. The molecule has 3 aliphatic rings. The number of methoxy groups -OCH3 is 1. The highest BCUT2D eigenvalue weighted by molar-refractivity contribution is 5.90. The molecule has 1 spiro atoms. The molecular weight excluding hydrogens is 618 g/mol. The van der Waals surface area contributed by atoms with E-state index in [9.17, 15) is 19.5 Å². The number of carbonyl (C=O) groups is 3. The summed E-state index contributed by atoms with van der Waals surface area (Å²) in [6, 6.07) is 11.8. The van der Waals surface area contributed by atoms with Crippen LogP contribution in [0.4, 0.5) is 5.69 Å². The van der Waals surface area contributed by atoms with Crippen molar-refractivity contribution in [2.24, 2.45) is 11.8 Å². The van der Waals surface area contributed by atoms with Gasteiger partial charge in [-0.2, -0.15) is 0 Å². The van der Waals surface area contributed by atoms with E-state index in [1.54, 1.807) is 13.8 Å². The van der Waals surface area contributed by atoms with Crippen molar-refractivity contribution in [3.8, 4) is 17.3 Å². The van der Waals surface area contributed by atoms with Gasteiger partial charge in [0.15, 0.2) is 23.4 Å². The molecule has 48 heavy (non-hydrogen) atoms. The predicted octanol–water partition coefficient (Wildman–Crippen LogP) is 3.49. The number of ether oxygens (including phenoxy) is 2. The zero-order valence-electron chi connectivity index (χ0n) is 27.4. The molecule has 2 aromatic heterocycles. The molecule has 250 valence electrons. The normalized spacial score (nSPS) is 23.1. The van der Waals surface area contributed by atoms with Gasteiger partial charge in [-0.3, -0.25) is 9.59 Å². The lowest BCUT2D eigenvalue weighted by Crippen LogP contribution is -2.52. The summed E-state index contributed by atoms with van der Waals surface area (Å²) in [6.07, 6.45) is -0.563. The number of fused-ring (bicyclic) bond motifs is 4. The highest BCUT2D eigenvalue weighted by Crippen LogP contribution is 2.61. The number of hydrogen-bond donors (Lipinski definition) is 3. The molecule has 13 heteroatoms. The third-order valence-corrected chi connectivity index (χ3v) is 9.45. The maximum Gasteiger partial charge on any atom is 0.360 e. The lowest BCUT2D eigenvalue weighted by molar-refractivity contribution is -0.135. The van der Waals surface area contributed by atoms with E-state index < -0.39 is 47.6 Å². The van der Waals surface area contributed by atoms with Gasteiger partial charge >= 0.3 is 5.97 Å². The maximum atomic E-state index is 14.0. The van der Waals surface area contributed by atoms with E-state index in [-0.39, 0.29) is 41.4 Å². The molecule has 2 aromatic carbocycles. The van der Waals surface area contributed by atoms with Crippen LogP contribution in [-0.2, 0) is 26.2 Å². The Hall–Kier alpha value is -5.17. The molecule has 5 atom stereocenters. The highest BCUT2D eigenvalue weighted by atomic mass is 16.5. The lowest BCUT2D eigenvalue weighted by Gasteiger charge is -2.30. The molecule has 3 N–H and O–H groups in total. The van der Waals surface area contributed by atoms with Crippen LogP contribution in [0.5, 0.6) is 5.75 Å². The van der Waals surface area contributed by atoms with Crippen LogP contribution in [-0.4, -0.2) is 65.4 Å². The van der Waals surface area contributed by atoms with Crippen molar-refractivity contribution < 1.29 is 37.8 Å². The van der Waals surface area contributed by atoms with Crippen molar-refractivity contribution in [2.45, 2.75) is 63.9 Å². The monoisotopic (exact) mass is 655 g/mol. The molecule has 4 bridgehead atoms. The first-order valence-electron chi connectivity index (χ1n) is 15.9. The first-order chi connectivity index (χ1) is 22.9. The van der Waals surface area contributed by atoms with Crippen molar-refractivity contribution in [1.29, 1.82) is 0 Å². The van der Waals surface area contributed by atoms with Crippen LogP contribution in [0.3, 0.4) is 0 Å². The number of para-hydroxylation sites is 1. The molecular formula is C35H37N5O8. The second-order valence-electron chi connectivity index (χ2n) is 13.2. The lowest BCUT2D eigenvalue weighted by atomic mass is 9.72.